The first kappa shape index (κ1) is 28.2. The van der Waals surface area contributed by atoms with Crippen molar-refractivity contribution in [1.29, 1.82) is 0 Å². The van der Waals surface area contributed by atoms with Crippen LogP contribution in [0.2, 0.25) is 0 Å². The van der Waals surface area contributed by atoms with Gasteiger partial charge in [0.1, 0.15) is 22.4 Å². The lowest BCUT2D eigenvalue weighted by molar-refractivity contribution is 0.0373. The fourth-order valence-corrected chi connectivity index (χ4v) is 5.47. The summed E-state index contributed by atoms with van der Waals surface area (Å²) in [5.74, 6) is 4.51. The lowest BCUT2D eigenvalue weighted by Gasteiger charge is -2.37. The molecule has 3 atom stereocenters. The molecule has 1 aliphatic heterocycles. The van der Waals surface area contributed by atoms with E-state index in [9.17, 15) is 22.7 Å². The van der Waals surface area contributed by atoms with Crippen LogP contribution in [0.3, 0.4) is 0 Å². The van der Waals surface area contributed by atoms with E-state index in [0.29, 0.717) is 5.56 Å². The minimum Gasteiger partial charge on any atom is -0.472 e. The number of carbonyl (C=O) groups excluding carboxylic acids is 1. The van der Waals surface area contributed by atoms with Crippen LogP contribution in [0.5, 0.6) is 5.88 Å². The van der Waals surface area contributed by atoms with Gasteiger partial charge in [-0.3, -0.25) is 4.79 Å². The molecule has 1 N–H and O–H groups in total. The molecule has 10 heteroatoms. The minimum atomic E-state index is -4.16. The Morgan fingerprint density at radius 3 is 2.51 bits per heavy atom. The molecule has 2 aromatic carbocycles. The summed E-state index contributed by atoms with van der Waals surface area (Å²) in [4.78, 5) is 19.0. The third-order valence-corrected chi connectivity index (χ3v) is 8.46. The normalized spacial score (nSPS) is 18.3. The Morgan fingerprint density at radius 1 is 1.15 bits per heavy atom. The second-order valence-electron chi connectivity index (χ2n) is 9.53. The first-order valence-electron chi connectivity index (χ1n) is 12.5. The Morgan fingerprint density at radius 2 is 1.82 bits per heavy atom. The van der Waals surface area contributed by atoms with Crippen LogP contribution in [0.1, 0.15) is 35.3 Å². The number of aliphatic hydroxyl groups excluding tert-OH is 1. The Balaban J connectivity index is 1.69. The zero-order valence-electron chi connectivity index (χ0n) is 21.9. The van der Waals surface area contributed by atoms with Gasteiger partial charge in [-0.15, -0.1) is 0 Å². The molecule has 1 aromatic heterocycles. The maximum atomic E-state index is 14.3. The SMILES string of the molecule is C[C@@H]1CN([C@@H](C)CO)C(=O)c2cc(C#Cc3ccccc3)cnc2O[C@@H]1CN(C)S(=O)(=O)c1ccccc1F. The number of amides is 1. The van der Waals surface area contributed by atoms with E-state index >= 15 is 0 Å². The molecule has 2 heterocycles. The molecule has 0 bridgehead atoms. The molecular formula is C29H30FN3O5S. The number of rotatable bonds is 6. The Hall–Kier alpha value is -3.78. The highest BCUT2D eigenvalue weighted by Gasteiger charge is 2.36. The average molecular weight is 552 g/mol. The number of fused-ring (bicyclic) bond motifs is 1. The maximum Gasteiger partial charge on any atom is 0.259 e. The largest absolute Gasteiger partial charge is 0.472 e. The van der Waals surface area contributed by atoms with Crippen LogP contribution in [0, 0.1) is 23.6 Å². The summed E-state index contributed by atoms with van der Waals surface area (Å²) < 4.78 is 47.8. The first-order valence-corrected chi connectivity index (χ1v) is 13.9. The quantitative estimate of drug-likeness (QED) is 0.473. The smallest absolute Gasteiger partial charge is 0.259 e. The topological polar surface area (TPSA) is 100 Å². The summed E-state index contributed by atoms with van der Waals surface area (Å²) in [7, 11) is -2.80. The van der Waals surface area contributed by atoms with E-state index in [4.69, 9.17) is 4.74 Å². The highest BCUT2D eigenvalue weighted by molar-refractivity contribution is 7.89. The highest BCUT2D eigenvalue weighted by Crippen LogP contribution is 2.28. The van der Waals surface area contributed by atoms with Gasteiger partial charge in [0.05, 0.1) is 19.2 Å². The van der Waals surface area contributed by atoms with E-state index in [1.165, 1.54) is 36.3 Å². The van der Waals surface area contributed by atoms with Crippen molar-refractivity contribution >= 4 is 15.9 Å². The van der Waals surface area contributed by atoms with Crippen LogP contribution >= 0.6 is 0 Å². The van der Waals surface area contributed by atoms with Crippen LogP contribution in [0.25, 0.3) is 0 Å². The summed E-state index contributed by atoms with van der Waals surface area (Å²) in [6.07, 6.45) is 0.760. The third kappa shape index (κ3) is 6.28. The van der Waals surface area contributed by atoms with Gasteiger partial charge >= 0.3 is 0 Å². The number of aromatic nitrogens is 1. The standard InChI is InChI=1S/C29H30FN3O5S/c1-20-17-33(21(2)19-34)29(35)24-15-23(14-13-22-9-5-4-6-10-22)16-31-28(24)38-26(20)18-32(3)39(36,37)27-12-8-7-11-25(27)30/h4-12,15-16,20-21,26,34H,17-19H2,1-3H3/t20-,21+,26-/m1/s1. The van der Waals surface area contributed by atoms with Gasteiger partial charge in [0, 0.05) is 36.8 Å². The number of hydrogen-bond donors (Lipinski definition) is 1. The van der Waals surface area contributed by atoms with Gasteiger partial charge in [-0.25, -0.2) is 17.8 Å². The summed E-state index contributed by atoms with van der Waals surface area (Å²) in [5, 5.41) is 9.85. The van der Waals surface area contributed by atoms with Crippen molar-refractivity contribution in [2.24, 2.45) is 5.92 Å². The van der Waals surface area contributed by atoms with Crippen LogP contribution in [-0.4, -0.2) is 72.5 Å². The van der Waals surface area contributed by atoms with E-state index in [0.717, 1.165) is 15.9 Å². The van der Waals surface area contributed by atoms with Gasteiger partial charge in [0.25, 0.3) is 5.91 Å². The number of pyridine rings is 1. The number of carbonyl (C=O) groups is 1. The molecule has 0 fully saturated rings. The number of sulfonamides is 1. The molecule has 0 saturated heterocycles. The number of aliphatic hydroxyl groups is 1. The van der Waals surface area contributed by atoms with Gasteiger partial charge in [0.15, 0.2) is 0 Å². The lowest BCUT2D eigenvalue weighted by atomic mass is 10.0. The fraction of sp³-hybridized carbons (Fsp3) is 0.310. The molecule has 1 aliphatic rings. The van der Waals surface area contributed by atoms with Crippen molar-refractivity contribution in [1.82, 2.24) is 14.2 Å². The Kier molecular flexibility index (Phi) is 8.65. The van der Waals surface area contributed by atoms with E-state index in [-0.39, 0.29) is 43.0 Å². The Labute approximate surface area is 228 Å². The molecular weight excluding hydrogens is 521 g/mol. The number of halogens is 1. The van der Waals surface area contributed by atoms with Crippen molar-refractivity contribution in [2.45, 2.75) is 30.9 Å². The van der Waals surface area contributed by atoms with Crippen LogP contribution < -0.4 is 4.74 Å². The average Bonchev–Trinajstić information content (AvgIpc) is 2.94. The molecule has 0 spiro atoms. The Bertz CT molecular complexity index is 1500. The van der Waals surface area contributed by atoms with Crippen LogP contribution in [-0.2, 0) is 10.0 Å². The number of benzene rings is 2. The van der Waals surface area contributed by atoms with Crippen molar-refractivity contribution in [3.05, 3.63) is 89.4 Å². The summed E-state index contributed by atoms with van der Waals surface area (Å²) in [6, 6.07) is 15.6. The predicted molar refractivity (Wildman–Crippen MR) is 144 cm³/mol. The van der Waals surface area contributed by atoms with Crippen LogP contribution in [0.4, 0.5) is 4.39 Å². The minimum absolute atomic E-state index is 0.0358. The molecule has 0 saturated carbocycles. The molecule has 39 heavy (non-hydrogen) atoms. The van der Waals surface area contributed by atoms with Crippen molar-refractivity contribution in [3.63, 3.8) is 0 Å². The number of ether oxygens (including phenoxy) is 1. The molecule has 3 aromatic rings. The van der Waals surface area contributed by atoms with Crippen LogP contribution in [0.15, 0.2) is 71.8 Å². The third-order valence-electron chi connectivity index (χ3n) is 6.61. The lowest BCUT2D eigenvalue weighted by Crippen LogP contribution is -2.50. The highest BCUT2D eigenvalue weighted by atomic mass is 32.2. The molecule has 4 rings (SSSR count). The fourth-order valence-electron chi connectivity index (χ4n) is 4.23. The van der Waals surface area contributed by atoms with Crippen molar-refractivity contribution in [3.8, 4) is 17.7 Å². The van der Waals surface area contributed by atoms with Gasteiger partial charge < -0.3 is 14.7 Å². The second kappa shape index (κ2) is 11.9. The maximum absolute atomic E-state index is 14.3. The summed E-state index contributed by atoms with van der Waals surface area (Å²) >= 11 is 0. The van der Waals surface area contributed by atoms with E-state index in [2.05, 4.69) is 16.8 Å². The molecule has 0 radical (unpaired) electrons. The van der Waals surface area contributed by atoms with E-state index in [1.807, 2.05) is 37.3 Å². The van der Waals surface area contributed by atoms with Gasteiger partial charge in [-0.05, 0) is 37.3 Å². The molecule has 8 nitrogen and oxygen atoms in total. The molecule has 0 aliphatic carbocycles. The summed E-state index contributed by atoms with van der Waals surface area (Å²) in [5.41, 5.74) is 1.46. The number of hydrogen-bond acceptors (Lipinski definition) is 6. The van der Waals surface area contributed by atoms with E-state index in [1.54, 1.807) is 13.0 Å². The molecule has 1 amide bonds. The molecule has 0 unspecified atom stereocenters. The molecule has 204 valence electrons. The van der Waals surface area contributed by atoms with Gasteiger partial charge in [-0.2, -0.15) is 4.31 Å². The van der Waals surface area contributed by atoms with Crippen molar-refractivity contribution in [2.75, 3.05) is 26.7 Å². The second-order valence-corrected chi connectivity index (χ2v) is 11.5. The first-order chi connectivity index (χ1) is 18.6. The summed E-state index contributed by atoms with van der Waals surface area (Å²) in [6.45, 7) is 3.36. The van der Waals surface area contributed by atoms with E-state index < -0.39 is 32.9 Å². The van der Waals surface area contributed by atoms with Gasteiger partial charge in [-0.1, -0.05) is 49.1 Å². The predicted octanol–water partition coefficient (Wildman–Crippen LogP) is 3.16. The monoisotopic (exact) mass is 551 g/mol. The zero-order valence-corrected chi connectivity index (χ0v) is 22.7. The van der Waals surface area contributed by atoms with Crippen molar-refractivity contribution < 1.29 is 27.4 Å². The number of likely N-dealkylation sites (N-methyl/N-ethyl adjacent to an activating group) is 1. The van der Waals surface area contributed by atoms with Gasteiger partial charge in [0.2, 0.25) is 15.9 Å². The zero-order chi connectivity index (χ0) is 28.2. The number of nitrogens with zero attached hydrogens (tertiary/aromatic N) is 3.